The van der Waals surface area contributed by atoms with Gasteiger partial charge in [-0.1, -0.05) is 13.8 Å². The van der Waals surface area contributed by atoms with E-state index in [9.17, 15) is 4.79 Å². The van der Waals surface area contributed by atoms with Crippen LogP contribution in [0.2, 0.25) is 38.8 Å². The number of rotatable bonds is 11. The quantitative estimate of drug-likeness (QED) is 0.349. The monoisotopic (exact) mass is 347 g/mol. The third-order valence-corrected chi connectivity index (χ3v) is 9.75. The van der Waals surface area contributed by atoms with Crippen molar-refractivity contribution in [3.63, 3.8) is 0 Å². The lowest BCUT2D eigenvalue weighted by Crippen LogP contribution is -2.42. The fraction of sp³-hybridized carbons (Fsp3) is 0.938. The molecule has 0 aromatic rings. The van der Waals surface area contributed by atoms with E-state index in [0.29, 0.717) is 19.2 Å². The highest BCUT2D eigenvalue weighted by Gasteiger charge is 2.29. The van der Waals surface area contributed by atoms with Crippen LogP contribution in [0.25, 0.3) is 0 Å². The molecule has 0 saturated carbocycles. The van der Waals surface area contributed by atoms with Crippen molar-refractivity contribution in [1.29, 1.82) is 0 Å². The zero-order chi connectivity index (χ0) is 17.4. The molecule has 0 aliphatic rings. The number of nitrogens with one attached hydrogen (secondary N) is 1. The average molecular weight is 348 g/mol. The molecule has 22 heavy (non-hydrogen) atoms. The van der Waals surface area contributed by atoms with Gasteiger partial charge in [-0.15, -0.1) is 0 Å². The first kappa shape index (κ1) is 21.8. The first-order valence-electron chi connectivity index (χ1n) is 8.57. The van der Waals surface area contributed by atoms with Crippen molar-refractivity contribution in [2.75, 3.05) is 13.2 Å². The molecule has 0 fully saturated rings. The van der Waals surface area contributed by atoms with Gasteiger partial charge in [0.2, 0.25) is 0 Å². The van der Waals surface area contributed by atoms with Crippen molar-refractivity contribution in [2.24, 2.45) is 5.92 Å². The number of ether oxygens (including phenoxy) is 1. The minimum Gasteiger partial charge on any atom is -0.465 e. The standard InChI is InChI=1S/C16H37NO3Si2/c1-9-15(3)17-13-14(2)16(18)19-11-10-12-22(7,8)20-21(4,5)6/h14-15,17H,9-13H2,1-8H3. The van der Waals surface area contributed by atoms with Gasteiger partial charge in [0.1, 0.15) is 0 Å². The van der Waals surface area contributed by atoms with Crippen LogP contribution in [-0.4, -0.2) is 41.8 Å². The topological polar surface area (TPSA) is 47.6 Å². The highest BCUT2D eigenvalue weighted by molar-refractivity contribution is 6.84. The molecule has 0 bridgehead atoms. The van der Waals surface area contributed by atoms with Gasteiger partial charge in [-0.05, 0) is 58.5 Å². The second kappa shape index (κ2) is 9.85. The molecule has 6 heteroatoms. The molecule has 4 nitrogen and oxygen atoms in total. The summed E-state index contributed by atoms with van der Waals surface area (Å²) in [5.41, 5.74) is 0. The number of esters is 1. The van der Waals surface area contributed by atoms with Crippen molar-refractivity contribution in [3.8, 4) is 0 Å². The van der Waals surface area contributed by atoms with Gasteiger partial charge in [0.15, 0.2) is 16.6 Å². The third-order valence-electron chi connectivity index (χ3n) is 3.54. The van der Waals surface area contributed by atoms with Gasteiger partial charge in [0.25, 0.3) is 0 Å². The molecule has 2 unspecified atom stereocenters. The largest absolute Gasteiger partial charge is 0.465 e. The Morgan fingerprint density at radius 2 is 1.73 bits per heavy atom. The maximum absolute atomic E-state index is 11.9. The number of hydrogen-bond donors (Lipinski definition) is 1. The number of carbonyl (C=O) groups excluding carboxylic acids is 1. The van der Waals surface area contributed by atoms with Crippen molar-refractivity contribution < 1.29 is 13.6 Å². The van der Waals surface area contributed by atoms with Crippen LogP contribution in [0, 0.1) is 5.92 Å². The van der Waals surface area contributed by atoms with E-state index in [-0.39, 0.29) is 11.9 Å². The number of hydrogen-bond acceptors (Lipinski definition) is 4. The molecule has 2 atom stereocenters. The molecular weight excluding hydrogens is 310 g/mol. The Kier molecular flexibility index (Phi) is 9.77. The SMILES string of the molecule is CCC(C)NCC(C)C(=O)OCCC[Si](C)(C)O[Si](C)(C)C. The normalized spacial score (nSPS) is 15.5. The predicted octanol–water partition coefficient (Wildman–Crippen LogP) is 4.00. The smallest absolute Gasteiger partial charge is 0.309 e. The van der Waals surface area contributed by atoms with E-state index in [1.807, 2.05) is 6.92 Å². The predicted molar refractivity (Wildman–Crippen MR) is 99.2 cm³/mol. The lowest BCUT2D eigenvalue weighted by molar-refractivity contribution is -0.147. The lowest BCUT2D eigenvalue weighted by atomic mass is 10.1. The van der Waals surface area contributed by atoms with E-state index in [1.165, 1.54) is 0 Å². The maximum atomic E-state index is 11.9. The molecule has 0 radical (unpaired) electrons. The Balaban J connectivity index is 3.93. The van der Waals surface area contributed by atoms with Crippen molar-refractivity contribution in [1.82, 2.24) is 5.32 Å². The Morgan fingerprint density at radius 3 is 2.23 bits per heavy atom. The van der Waals surface area contributed by atoms with E-state index in [4.69, 9.17) is 8.85 Å². The van der Waals surface area contributed by atoms with E-state index < -0.39 is 16.6 Å². The van der Waals surface area contributed by atoms with Gasteiger partial charge in [-0.3, -0.25) is 4.79 Å². The highest BCUT2D eigenvalue weighted by Crippen LogP contribution is 2.19. The summed E-state index contributed by atoms with van der Waals surface area (Å²) in [4.78, 5) is 11.9. The Morgan fingerprint density at radius 1 is 1.14 bits per heavy atom. The van der Waals surface area contributed by atoms with E-state index in [2.05, 4.69) is 51.9 Å². The van der Waals surface area contributed by atoms with Gasteiger partial charge >= 0.3 is 5.97 Å². The molecule has 0 heterocycles. The summed E-state index contributed by atoms with van der Waals surface area (Å²) >= 11 is 0. The van der Waals surface area contributed by atoms with Gasteiger partial charge in [0.05, 0.1) is 12.5 Å². The van der Waals surface area contributed by atoms with Crippen LogP contribution in [-0.2, 0) is 13.6 Å². The fourth-order valence-electron chi connectivity index (χ4n) is 2.30. The van der Waals surface area contributed by atoms with Crippen molar-refractivity contribution in [2.45, 2.75) is 78.4 Å². The molecule has 1 N–H and O–H groups in total. The molecule has 0 rings (SSSR count). The van der Waals surface area contributed by atoms with Gasteiger partial charge in [-0.25, -0.2) is 0 Å². The van der Waals surface area contributed by atoms with Crippen LogP contribution >= 0.6 is 0 Å². The van der Waals surface area contributed by atoms with Crippen LogP contribution in [0.1, 0.15) is 33.6 Å². The first-order chi connectivity index (χ1) is 9.97. The third kappa shape index (κ3) is 11.4. The summed E-state index contributed by atoms with van der Waals surface area (Å²) in [5, 5.41) is 3.34. The fourth-order valence-corrected chi connectivity index (χ4v) is 10.3. The van der Waals surface area contributed by atoms with Crippen LogP contribution < -0.4 is 5.32 Å². The summed E-state index contributed by atoms with van der Waals surface area (Å²) in [6.07, 6.45) is 1.97. The first-order valence-corrected chi connectivity index (χ1v) is 15.1. The highest BCUT2D eigenvalue weighted by atomic mass is 28.4. The summed E-state index contributed by atoms with van der Waals surface area (Å²) in [6, 6.07) is 1.49. The van der Waals surface area contributed by atoms with Gasteiger partial charge in [-0.2, -0.15) is 0 Å². The Bertz CT molecular complexity index is 330. The molecule has 0 amide bonds. The molecule has 0 spiro atoms. The van der Waals surface area contributed by atoms with E-state index in [0.717, 1.165) is 18.9 Å². The van der Waals surface area contributed by atoms with Crippen LogP contribution in [0.15, 0.2) is 0 Å². The number of carbonyl (C=O) groups is 1. The second-order valence-corrected chi connectivity index (χ2v) is 16.9. The maximum Gasteiger partial charge on any atom is 0.309 e. The zero-order valence-corrected chi connectivity index (χ0v) is 17.9. The zero-order valence-electron chi connectivity index (χ0n) is 15.9. The van der Waals surface area contributed by atoms with Crippen LogP contribution in [0.5, 0.6) is 0 Å². The van der Waals surface area contributed by atoms with Crippen LogP contribution in [0.3, 0.4) is 0 Å². The van der Waals surface area contributed by atoms with Crippen LogP contribution in [0.4, 0.5) is 0 Å². The van der Waals surface area contributed by atoms with E-state index in [1.54, 1.807) is 0 Å². The molecule has 0 saturated heterocycles. The van der Waals surface area contributed by atoms with E-state index >= 15 is 0 Å². The molecule has 0 aromatic carbocycles. The Labute approximate surface area is 139 Å². The van der Waals surface area contributed by atoms with Crippen molar-refractivity contribution >= 4 is 22.6 Å². The summed E-state index contributed by atoms with van der Waals surface area (Å²) in [7, 11) is -3.09. The second-order valence-electron chi connectivity index (χ2n) is 7.86. The molecule has 0 aliphatic carbocycles. The summed E-state index contributed by atoms with van der Waals surface area (Å²) < 4.78 is 11.7. The minimum atomic E-state index is -1.61. The molecule has 0 aliphatic heterocycles. The average Bonchev–Trinajstić information content (AvgIpc) is 2.37. The molecular formula is C16H37NO3Si2. The van der Waals surface area contributed by atoms with Gasteiger partial charge < -0.3 is 14.2 Å². The summed E-state index contributed by atoms with van der Waals surface area (Å²) in [5.74, 6) is -0.182. The molecule has 0 aromatic heterocycles. The molecule has 132 valence electrons. The lowest BCUT2D eigenvalue weighted by Gasteiger charge is -2.31. The van der Waals surface area contributed by atoms with Crippen molar-refractivity contribution in [3.05, 3.63) is 0 Å². The minimum absolute atomic E-state index is 0.0857. The summed E-state index contributed by atoms with van der Waals surface area (Å²) in [6.45, 7) is 18.6. The van der Waals surface area contributed by atoms with Gasteiger partial charge in [0, 0.05) is 12.6 Å². The Hall–Kier alpha value is -0.176.